The molecule has 1 amide bonds. The van der Waals surface area contributed by atoms with E-state index in [0.717, 1.165) is 43.3 Å². The lowest BCUT2D eigenvalue weighted by molar-refractivity contribution is 0.0569. The summed E-state index contributed by atoms with van der Waals surface area (Å²) in [6.45, 7) is 1.30. The molecule has 63 heavy (non-hydrogen) atoms. The van der Waals surface area contributed by atoms with E-state index >= 15 is 8.78 Å². The van der Waals surface area contributed by atoms with E-state index in [-0.39, 0.29) is 107 Å². The van der Waals surface area contributed by atoms with Crippen molar-refractivity contribution in [1.82, 2.24) is 25.2 Å². The normalized spacial score (nSPS) is 25.1. The number of halogens is 7. The zero-order valence-corrected chi connectivity index (χ0v) is 34.4. The maximum absolute atomic E-state index is 17.3. The van der Waals surface area contributed by atoms with Crippen molar-refractivity contribution in [2.45, 2.75) is 73.1 Å². The van der Waals surface area contributed by atoms with Gasteiger partial charge in [0, 0.05) is 48.4 Å². The number of aromatic nitrogens is 3. The van der Waals surface area contributed by atoms with E-state index in [9.17, 15) is 29.3 Å². The van der Waals surface area contributed by atoms with Crippen molar-refractivity contribution in [2.24, 2.45) is 0 Å². The molecule has 4 saturated heterocycles. The summed E-state index contributed by atoms with van der Waals surface area (Å²) in [5.74, 6) is 0.956. The smallest absolute Gasteiger partial charge is 0.414 e. The number of terminal acetylenes is 1. The number of nitrogens with one attached hydrogen (secondary N) is 1. The number of aromatic hydroxyl groups is 1. The highest BCUT2D eigenvalue weighted by molar-refractivity contribution is 8.45. The zero-order chi connectivity index (χ0) is 44.3. The van der Waals surface area contributed by atoms with Crippen LogP contribution < -0.4 is 24.6 Å². The predicted molar refractivity (Wildman–Crippen MR) is 221 cm³/mol. The summed E-state index contributed by atoms with van der Waals surface area (Å²) >= 11 is 0. The number of carbonyl (C=O) groups is 1. The van der Waals surface area contributed by atoms with E-state index in [0.29, 0.717) is 43.6 Å². The number of phenolic OH excluding ortho intramolecular Hbond substituents is 1. The Kier molecular flexibility index (Phi) is 9.07. The number of nitrogens with zero attached hydrogens (tertiary/aromatic N) is 6. The Balaban J connectivity index is 0.959. The van der Waals surface area contributed by atoms with Crippen LogP contribution in [0.1, 0.15) is 44.1 Å². The number of hydrogen-bond donors (Lipinski definition) is 2. The fourth-order valence-corrected chi connectivity index (χ4v) is 10.9. The van der Waals surface area contributed by atoms with Crippen LogP contribution in [0, 0.1) is 24.0 Å². The molecule has 332 valence electrons. The van der Waals surface area contributed by atoms with Crippen LogP contribution in [0.15, 0.2) is 53.4 Å². The first kappa shape index (κ1) is 41.2. The molecule has 0 unspecified atom stereocenters. The number of ether oxygens (including phenoxy) is 3. The largest absolute Gasteiger partial charge is 0.508 e. The maximum Gasteiger partial charge on any atom is 0.414 e. The van der Waals surface area contributed by atoms with E-state index in [1.165, 1.54) is 24.3 Å². The fourth-order valence-electron chi connectivity index (χ4n) is 10.2. The second-order valence-corrected chi connectivity index (χ2v) is 19.4. The lowest BCUT2D eigenvalue weighted by Gasteiger charge is -2.40. The van der Waals surface area contributed by atoms with Gasteiger partial charge in [0.2, 0.25) is 5.88 Å². The first-order chi connectivity index (χ1) is 29.8. The number of rotatable bonds is 8. The van der Waals surface area contributed by atoms with Crippen LogP contribution in [0.5, 0.6) is 17.6 Å². The summed E-state index contributed by atoms with van der Waals surface area (Å²) in [5, 5.41) is 15.2. The molecule has 2 N–H and O–H groups in total. The first-order valence-corrected chi connectivity index (χ1v) is 22.4. The summed E-state index contributed by atoms with van der Waals surface area (Å²) in [4.78, 5) is 30.1. The van der Waals surface area contributed by atoms with Crippen LogP contribution in [-0.4, -0.2) is 101 Å². The molecule has 4 fully saturated rings. The van der Waals surface area contributed by atoms with Crippen molar-refractivity contribution in [2.75, 3.05) is 49.8 Å². The lowest BCUT2D eigenvalue weighted by Crippen LogP contribution is -2.60. The quantitative estimate of drug-likeness (QED) is 0.115. The Hall–Kier alpha value is -5.78. The molecule has 5 aliphatic rings. The van der Waals surface area contributed by atoms with E-state index in [1.54, 1.807) is 0 Å². The number of fused-ring (bicyclic) bond motifs is 7. The molecule has 0 saturated carbocycles. The van der Waals surface area contributed by atoms with Gasteiger partial charge in [-0.15, -0.1) is 6.42 Å². The molecule has 10 rings (SSSR count). The van der Waals surface area contributed by atoms with Crippen molar-refractivity contribution in [3.05, 3.63) is 65.7 Å². The van der Waals surface area contributed by atoms with Gasteiger partial charge in [0.15, 0.2) is 5.82 Å². The Labute approximate surface area is 356 Å². The zero-order valence-electron chi connectivity index (χ0n) is 33.6. The van der Waals surface area contributed by atoms with Gasteiger partial charge >= 0.3 is 22.3 Å². The van der Waals surface area contributed by atoms with Crippen LogP contribution >= 0.6 is 10.2 Å². The Morgan fingerprint density at radius 1 is 1.06 bits per heavy atom. The van der Waals surface area contributed by atoms with E-state index in [1.807, 2.05) is 0 Å². The van der Waals surface area contributed by atoms with E-state index < -0.39 is 44.1 Å². The number of phenols is 1. The first-order valence-electron chi connectivity index (χ1n) is 20.4. The summed E-state index contributed by atoms with van der Waals surface area (Å²) in [6, 6.07) is 7.24. The Morgan fingerprint density at radius 2 is 1.89 bits per heavy atom. The fraction of sp³-hybridized carbons (Fsp3) is 0.395. The van der Waals surface area contributed by atoms with Crippen LogP contribution in [0.25, 0.3) is 32.9 Å². The van der Waals surface area contributed by atoms with Crippen LogP contribution in [0.2, 0.25) is 0 Å². The number of anilines is 2. The second kappa shape index (κ2) is 13.9. The molecule has 2 aromatic heterocycles. The molecule has 20 heteroatoms. The van der Waals surface area contributed by atoms with Gasteiger partial charge in [0.05, 0.1) is 17.1 Å². The maximum atomic E-state index is 17.3. The molecule has 0 aliphatic carbocycles. The second-order valence-electron chi connectivity index (χ2n) is 17.0. The molecule has 5 aliphatic heterocycles. The molecule has 0 spiro atoms. The summed E-state index contributed by atoms with van der Waals surface area (Å²) in [7, 11) is -8.86. The van der Waals surface area contributed by atoms with E-state index in [4.69, 9.17) is 25.6 Å². The number of benzene rings is 3. The van der Waals surface area contributed by atoms with Gasteiger partial charge in [-0.2, -0.15) is 9.97 Å². The van der Waals surface area contributed by atoms with Gasteiger partial charge in [0.25, 0.3) is 0 Å². The van der Waals surface area contributed by atoms with E-state index in [2.05, 4.69) is 31.0 Å². The molecular weight excluding hydrogens is 860 g/mol. The van der Waals surface area contributed by atoms with Crippen molar-refractivity contribution >= 4 is 49.5 Å². The van der Waals surface area contributed by atoms with Gasteiger partial charge in [0.1, 0.15) is 58.7 Å². The highest BCUT2D eigenvalue weighted by Gasteiger charge is 2.65. The van der Waals surface area contributed by atoms with Crippen molar-refractivity contribution < 1.29 is 52.3 Å². The van der Waals surface area contributed by atoms with Crippen molar-refractivity contribution in [3.8, 4) is 41.2 Å². The molecule has 0 radical (unpaired) electrons. The van der Waals surface area contributed by atoms with Gasteiger partial charge in [-0.1, -0.05) is 37.5 Å². The van der Waals surface area contributed by atoms with Crippen LogP contribution in [0.4, 0.5) is 44.5 Å². The third kappa shape index (κ3) is 7.04. The number of pyridine rings is 1. The standard InChI is InChI=1S/C43H40F7N7O5S/c1-3-29-31(44)10-8-23-16-27(58)18-30(34(23)29)37-36(45)38-35-39(56-19-24-9-11-32(51-24)33(56)21-60-40(35)52-37)54-41(53-38)62-22-43-13-5-15-57(43)26(12-14-43)20-61-42(59)55(2)25-6-4-7-28(17-25)63(46,47,48,49)50/h1,4,6-8,10,16-18,24,26,32-33,51,58H,5,9,11-15,19-22H2,2H3/t24-,26+,32+,33-,43+/m1/s1. The van der Waals surface area contributed by atoms with Crippen LogP contribution in [0.3, 0.4) is 0 Å². The molecule has 5 atom stereocenters. The average molecular weight is 900 g/mol. The third-order valence-corrected chi connectivity index (χ3v) is 14.4. The summed E-state index contributed by atoms with van der Waals surface area (Å²) < 4.78 is 118. The summed E-state index contributed by atoms with van der Waals surface area (Å²) in [6.07, 6.45) is 9.20. The molecular formula is C43H40F7N7O5S. The van der Waals surface area contributed by atoms with Gasteiger partial charge < -0.3 is 29.5 Å². The highest BCUT2D eigenvalue weighted by Crippen LogP contribution is 3.02. The summed E-state index contributed by atoms with van der Waals surface area (Å²) in [5.41, 5.74) is -1.52. The van der Waals surface area contributed by atoms with Gasteiger partial charge in [-0.3, -0.25) is 9.80 Å². The Morgan fingerprint density at radius 3 is 2.68 bits per heavy atom. The number of hydrogen-bond acceptors (Lipinski definition) is 11. The van der Waals surface area contributed by atoms with Crippen molar-refractivity contribution in [1.29, 1.82) is 0 Å². The van der Waals surface area contributed by atoms with Crippen molar-refractivity contribution in [3.63, 3.8) is 0 Å². The molecule has 3 aromatic carbocycles. The monoisotopic (exact) mass is 899 g/mol. The van der Waals surface area contributed by atoms with Gasteiger partial charge in [-0.25, -0.2) is 18.6 Å². The molecule has 12 nitrogen and oxygen atoms in total. The average Bonchev–Trinajstić information content (AvgIpc) is 3.91. The minimum absolute atomic E-state index is 0.0314. The number of piperazine rings is 1. The van der Waals surface area contributed by atoms with Gasteiger partial charge in [-0.05, 0) is 86.9 Å². The minimum atomic E-state index is -9.99. The lowest BCUT2D eigenvalue weighted by atomic mass is 9.95. The minimum Gasteiger partial charge on any atom is -0.508 e. The third-order valence-electron chi connectivity index (χ3n) is 13.2. The SMILES string of the molecule is C#Cc1c(F)ccc2cc(O)cc(-c3nc4c5c(nc(OC[C@@]67CCCN6[C@H](COC(=O)N(C)c6cccc(S(F)(F)(F)(F)F)c6)CC7)nc5c3F)N3C[C@H]5CC[C@H](N5)[C@H]3CO4)c12. The molecule has 5 aromatic rings. The number of amides is 1. The van der Waals surface area contributed by atoms with Crippen LogP contribution in [-0.2, 0) is 4.74 Å². The molecule has 7 heterocycles. The highest BCUT2D eigenvalue weighted by atomic mass is 32.5. The Bertz CT molecular complexity index is 2800. The predicted octanol–water partition coefficient (Wildman–Crippen LogP) is 8.82. The molecule has 2 bridgehead atoms. The number of carbonyl (C=O) groups excluding carboxylic acids is 1. The topological polar surface area (TPSA) is 125 Å².